The molecule has 0 saturated carbocycles. The molecule has 1 aromatic rings. The van der Waals surface area contributed by atoms with Crippen molar-refractivity contribution < 1.29 is 9.23 Å². The minimum Gasteiger partial charge on any atom is -0.422 e. The Morgan fingerprint density at radius 2 is 2.15 bits per heavy atom. The first kappa shape index (κ1) is 10.4. The van der Waals surface area contributed by atoms with Gasteiger partial charge in [0.05, 0.1) is 0 Å². The number of rotatable bonds is 3. The summed E-state index contributed by atoms with van der Waals surface area (Å²) in [4.78, 5) is 1.93. The number of halogens is 1. The topological polar surface area (TPSA) is 32.7 Å². The Labute approximate surface area is 83.2 Å². The molecule has 3 nitrogen and oxygen atoms in total. The lowest BCUT2D eigenvalue weighted by Gasteiger charge is -2.13. The van der Waals surface area contributed by atoms with Crippen LogP contribution in [0.3, 0.4) is 0 Å². The van der Waals surface area contributed by atoms with Gasteiger partial charge in [0.15, 0.2) is 0 Å². The lowest BCUT2D eigenvalue weighted by Crippen LogP contribution is -2.31. The molecule has 0 heterocycles. The van der Waals surface area contributed by atoms with Crippen molar-refractivity contribution in [1.29, 1.82) is 0 Å². The number of nitrogens with zero attached hydrogens (tertiary/aromatic N) is 1. The fraction of sp³-hybridized carbons (Fsp3) is 0.250. The minimum atomic E-state index is -1.07. The van der Waals surface area contributed by atoms with Gasteiger partial charge in [0.1, 0.15) is 0 Å². The molecule has 0 aromatic heterocycles. The first-order valence-electron chi connectivity index (χ1n) is 3.88. The number of hydrogen-bond donors (Lipinski definition) is 1. The van der Waals surface area contributed by atoms with Crippen molar-refractivity contribution in [2.24, 2.45) is 0 Å². The van der Waals surface area contributed by atoms with E-state index >= 15 is 0 Å². The predicted octanol–water partition coefficient (Wildman–Crippen LogP) is 0.610. The molecule has 0 aliphatic carbocycles. The van der Waals surface area contributed by atoms with Gasteiger partial charge in [-0.2, -0.15) is 0 Å². The molecule has 0 fully saturated rings. The van der Waals surface area contributed by atoms with E-state index in [1.54, 1.807) is 6.07 Å². The van der Waals surface area contributed by atoms with Gasteiger partial charge in [-0.15, -0.1) is 0 Å². The van der Waals surface area contributed by atoms with Crippen LogP contribution in [0.1, 0.15) is 0 Å². The highest BCUT2D eigenvalue weighted by Crippen LogP contribution is 2.07. The zero-order chi connectivity index (χ0) is 9.84. The van der Waals surface area contributed by atoms with Crippen molar-refractivity contribution >= 4 is 30.1 Å². The average molecular weight is 199 g/mol. The zero-order valence-electron chi connectivity index (χ0n) is 7.57. The van der Waals surface area contributed by atoms with Gasteiger partial charge in [0.25, 0.3) is 0 Å². The van der Waals surface area contributed by atoms with E-state index in [1.165, 1.54) is 0 Å². The van der Waals surface area contributed by atoms with E-state index in [4.69, 9.17) is 11.9 Å². The molecule has 5 heteroatoms. The molecule has 70 valence electrons. The van der Waals surface area contributed by atoms with Gasteiger partial charge < -0.3 is 14.1 Å². The van der Waals surface area contributed by atoms with Crippen LogP contribution in [0.15, 0.2) is 24.3 Å². The van der Waals surface area contributed by atoms with Crippen LogP contribution in [0.2, 0.25) is 0 Å². The minimum absolute atomic E-state index is 0.640. The second kappa shape index (κ2) is 4.51. The summed E-state index contributed by atoms with van der Waals surface area (Å²) in [6.07, 6.45) is 0. The van der Waals surface area contributed by atoms with Crippen LogP contribution in [-0.4, -0.2) is 26.2 Å². The van der Waals surface area contributed by atoms with E-state index in [-0.39, 0.29) is 0 Å². The molecule has 0 aliphatic heterocycles. The molecule has 1 rings (SSSR count). The van der Waals surface area contributed by atoms with Crippen molar-refractivity contribution in [1.82, 2.24) is 0 Å². The standard InChI is InChI=1S/C8H11BClNO2/c1-11(2)8-5-3-4-7(6-8)9(12)13-10/h3-6,12H,1-2H3. The molecule has 0 aliphatic rings. The van der Waals surface area contributed by atoms with E-state index in [1.807, 2.05) is 37.2 Å². The summed E-state index contributed by atoms with van der Waals surface area (Å²) < 4.78 is 4.28. The summed E-state index contributed by atoms with van der Waals surface area (Å²) in [6, 6.07) is 7.33. The van der Waals surface area contributed by atoms with Gasteiger partial charge in [-0.05, 0) is 17.6 Å². The van der Waals surface area contributed by atoms with Crippen LogP contribution >= 0.6 is 11.9 Å². The second-order valence-corrected chi connectivity index (χ2v) is 3.11. The van der Waals surface area contributed by atoms with Crippen LogP contribution in [0.5, 0.6) is 0 Å². The summed E-state index contributed by atoms with van der Waals surface area (Å²) in [5.41, 5.74) is 1.63. The number of hydrogen-bond acceptors (Lipinski definition) is 3. The molecule has 0 spiro atoms. The van der Waals surface area contributed by atoms with Crippen LogP contribution in [0.4, 0.5) is 5.69 Å². The Morgan fingerprint density at radius 3 is 2.69 bits per heavy atom. The molecule has 0 radical (unpaired) electrons. The zero-order valence-corrected chi connectivity index (χ0v) is 8.32. The largest absolute Gasteiger partial charge is 0.508 e. The average Bonchev–Trinajstić information content (AvgIpc) is 2.17. The Bertz CT molecular complexity index is 283. The van der Waals surface area contributed by atoms with Gasteiger partial charge in [0.2, 0.25) is 0 Å². The molecule has 1 aromatic carbocycles. The Balaban J connectivity index is 2.91. The van der Waals surface area contributed by atoms with E-state index in [9.17, 15) is 5.02 Å². The second-order valence-electron chi connectivity index (χ2n) is 2.93. The molecular weight excluding hydrogens is 188 g/mol. The van der Waals surface area contributed by atoms with Crippen molar-refractivity contribution in [2.45, 2.75) is 0 Å². The van der Waals surface area contributed by atoms with Crippen molar-refractivity contribution in [3.8, 4) is 0 Å². The molecule has 0 saturated heterocycles. The lowest BCUT2D eigenvalue weighted by atomic mass is 9.80. The number of anilines is 1. The number of benzene rings is 1. The predicted molar refractivity (Wildman–Crippen MR) is 55.3 cm³/mol. The van der Waals surface area contributed by atoms with E-state index < -0.39 is 7.12 Å². The lowest BCUT2D eigenvalue weighted by molar-refractivity contribution is 0.457. The monoisotopic (exact) mass is 199 g/mol. The summed E-state index contributed by atoms with van der Waals surface area (Å²) >= 11 is 5.05. The molecule has 0 unspecified atom stereocenters. The van der Waals surface area contributed by atoms with Crippen LogP contribution in [-0.2, 0) is 4.21 Å². The van der Waals surface area contributed by atoms with Gasteiger partial charge >= 0.3 is 7.12 Å². The summed E-state index contributed by atoms with van der Waals surface area (Å²) in [5, 5.41) is 9.26. The van der Waals surface area contributed by atoms with Crippen molar-refractivity contribution in [3.63, 3.8) is 0 Å². The van der Waals surface area contributed by atoms with Crippen LogP contribution < -0.4 is 10.4 Å². The first-order chi connectivity index (χ1) is 6.15. The highest BCUT2D eigenvalue weighted by atomic mass is 35.5. The van der Waals surface area contributed by atoms with Gasteiger partial charge in [-0.1, -0.05) is 12.1 Å². The first-order valence-corrected chi connectivity index (χ1v) is 4.18. The highest BCUT2D eigenvalue weighted by molar-refractivity contribution is 6.63. The molecule has 13 heavy (non-hydrogen) atoms. The van der Waals surface area contributed by atoms with Gasteiger partial charge in [-0.3, -0.25) is 0 Å². The fourth-order valence-corrected chi connectivity index (χ4v) is 1.11. The Kier molecular flexibility index (Phi) is 3.60. The van der Waals surface area contributed by atoms with Gasteiger partial charge in [0, 0.05) is 31.6 Å². The molecular formula is C8H11BClNO2. The summed E-state index contributed by atoms with van der Waals surface area (Å²) in [7, 11) is 2.78. The normalized spacial score (nSPS) is 9.85. The van der Waals surface area contributed by atoms with E-state index in [0.717, 1.165) is 5.69 Å². The van der Waals surface area contributed by atoms with Crippen molar-refractivity contribution in [3.05, 3.63) is 24.3 Å². The van der Waals surface area contributed by atoms with E-state index in [0.29, 0.717) is 5.46 Å². The third-order valence-electron chi connectivity index (χ3n) is 1.76. The smallest absolute Gasteiger partial charge is 0.422 e. The highest BCUT2D eigenvalue weighted by Gasteiger charge is 2.15. The maximum atomic E-state index is 9.26. The molecule has 0 atom stereocenters. The van der Waals surface area contributed by atoms with Crippen molar-refractivity contribution in [2.75, 3.05) is 19.0 Å². The van der Waals surface area contributed by atoms with Crippen LogP contribution in [0.25, 0.3) is 0 Å². The molecule has 1 N–H and O–H groups in total. The maximum Gasteiger partial charge on any atom is 0.508 e. The SMILES string of the molecule is CN(C)c1cccc(B(O)OCl)c1. The third-order valence-corrected chi connectivity index (χ3v) is 1.92. The maximum absolute atomic E-state index is 9.26. The third kappa shape index (κ3) is 2.62. The Morgan fingerprint density at radius 1 is 1.46 bits per heavy atom. The summed E-state index contributed by atoms with van der Waals surface area (Å²) in [6.45, 7) is 0. The molecule has 0 bridgehead atoms. The van der Waals surface area contributed by atoms with Crippen LogP contribution in [0, 0.1) is 0 Å². The quantitative estimate of drug-likeness (QED) is 0.724. The van der Waals surface area contributed by atoms with E-state index in [2.05, 4.69) is 4.21 Å². The molecule has 0 amide bonds. The van der Waals surface area contributed by atoms with Gasteiger partial charge in [-0.25, -0.2) is 0 Å². The fourth-order valence-electron chi connectivity index (χ4n) is 1.01. The summed E-state index contributed by atoms with van der Waals surface area (Å²) in [5.74, 6) is 0. The Hall–Kier alpha value is -0.705.